The molecule has 2 saturated carbocycles. The van der Waals surface area contributed by atoms with Gasteiger partial charge in [-0.2, -0.15) is 0 Å². The number of aliphatic carboxylic acids is 1. The first kappa shape index (κ1) is 13.8. The van der Waals surface area contributed by atoms with E-state index in [2.05, 4.69) is 0 Å². The van der Waals surface area contributed by atoms with Gasteiger partial charge in [0.05, 0.1) is 5.92 Å². The molecule has 0 spiro atoms. The molecule has 2 fully saturated rings. The van der Waals surface area contributed by atoms with Gasteiger partial charge in [0.2, 0.25) is 0 Å². The average molecular weight is 254 g/mol. The van der Waals surface area contributed by atoms with Gasteiger partial charge in [-0.25, -0.2) is 0 Å². The van der Waals surface area contributed by atoms with Crippen LogP contribution in [-0.4, -0.2) is 23.2 Å². The number of hydrogen-bond donors (Lipinski definition) is 3. The Hall–Kier alpha value is -0.610. The summed E-state index contributed by atoms with van der Waals surface area (Å²) in [6.07, 6.45) is 7.89. The second kappa shape index (κ2) is 6.02. The Labute approximate surface area is 109 Å². The zero-order chi connectivity index (χ0) is 13.1. The lowest BCUT2D eigenvalue weighted by atomic mass is 9.68. The van der Waals surface area contributed by atoms with Crippen LogP contribution in [0.4, 0.5) is 0 Å². The van der Waals surface area contributed by atoms with Crippen LogP contribution in [0, 0.1) is 17.8 Å². The summed E-state index contributed by atoms with van der Waals surface area (Å²) in [5, 5.41) is 9.55. The van der Waals surface area contributed by atoms with Gasteiger partial charge < -0.3 is 16.6 Å². The van der Waals surface area contributed by atoms with E-state index in [0.717, 1.165) is 51.4 Å². The summed E-state index contributed by atoms with van der Waals surface area (Å²) in [5.74, 6) is -0.0933. The molecule has 0 aliphatic heterocycles. The van der Waals surface area contributed by atoms with Gasteiger partial charge in [-0.15, -0.1) is 0 Å². The van der Waals surface area contributed by atoms with Crippen molar-refractivity contribution in [2.45, 2.75) is 63.5 Å². The Bertz CT molecular complexity index is 258. The van der Waals surface area contributed by atoms with Gasteiger partial charge in [0, 0.05) is 12.1 Å². The summed E-state index contributed by atoms with van der Waals surface area (Å²) < 4.78 is 0. The van der Waals surface area contributed by atoms with Gasteiger partial charge in [0.25, 0.3) is 0 Å². The maximum atomic E-state index is 11.6. The minimum Gasteiger partial charge on any atom is -0.481 e. The van der Waals surface area contributed by atoms with Crippen LogP contribution in [-0.2, 0) is 4.79 Å². The third kappa shape index (κ3) is 3.23. The minimum absolute atomic E-state index is 0.162. The molecule has 0 atom stereocenters. The Kier molecular flexibility index (Phi) is 4.62. The zero-order valence-electron chi connectivity index (χ0n) is 11.1. The summed E-state index contributed by atoms with van der Waals surface area (Å²) in [5.41, 5.74) is 11.8. The maximum Gasteiger partial charge on any atom is 0.307 e. The number of carboxylic acid groups (broad SMARTS) is 1. The number of hydrogen-bond acceptors (Lipinski definition) is 3. The van der Waals surface area contributed by atoms with Crippen LogP contribution in [0.1, 0.15) is 51.4 Å². The van der Waals surface area contributed by atoms with Crippen molar-refractivity contribution in [3.8, 4) is 0 Å². The van der Waals surface area contributed by atoms with Gasteiger partial charge in [-0.05, 0) is 63.2 Å². The molecule has 4 heteroatoms. The Morgan fingerprint density at radius 2 is 1.17 bits per heavy atom. The van der Waals surface area contributed by atoms with Crippen molar-refractivity contribution in [1.29, 1.82) is 0 Å². The molecule has 0 unspecified atom stereocenters. The van der Waals surface area contributed by atoms with Crippen LogP contribution in [0.15, 0.2) is 0 Å². The summed E-state index contributed by atoms with van der Waals surface area (Å²) >= 11 is 0. The molecule has 2 aliphatic carbocycles. The van der Waals surface area contributed by atoms with Crippen LogP contribution >= 0.6 is 0 Å². The first-order valence-corrected chi connectivity index (χ1v) is 7.32. The third-order valence-electron chi connectivity index (χ3n) is 4.93. The third-order valence-corrected chi connectivity index (χ3v) is 4.93. The molecular weight excluding hydrogens is 228 g/mol. The molecule has 0 bridgehead atoms. The first-order valence-electron chi connectivity index (χ1n) is 7.32. The number of carboxylic acids is 1. The molecule has 0 radical (unpaired) electrons. The quantitative estimate of drug-likeness (QED) is 0.715. The van der Waals surface area contributed by atoms with Gasteiger partial charge in [-0.3, -0.25) is 4.79 Å². The van der Waals surface area contributed by atoms with Crippen molar-refractivity contribution >= 4 is 5.97 Å². The van der Waals surface area contributed by atoms with E-state index in [1.54, 1.807) is 0 Å². The van der Waals surface area contributed by atoms with Crippen LogP contribution in [0.25, 0.3) is 0 Å². The van der Waals surface area contributed by atoms with Crippen LogP contribution in [0.2, 0.25) is 0 Å². The Balaban J connectivity index is 1.97. The molecule has 0 aromatic carbocycles. The van der Waals surface area contributed by atoms with Crippen molar-refractivity contribution < 1.29 is 9.90 Å². The SMILES string of the molecule is NC1CCC(C(C(=O)O)C2CCC(N)CC2)CC1. The molecule has 0 aromatic heterocycles. The van der Waals surface area contributed by atoms with E-state index >= 15 is 0 Å². The van der Waals surface area contributed by atoms with Gasteiger partial charge >= 0.3 is 5.97 Å². The van der Waals surface area contributed by atoms with E-state index < -0.39 is 5.97 Å². The number of carbonyl (C=O) groups is 1. The van der Waals surface area contributed by atoms with E-state index in [0.29, 0.717) is 11.8 Å². The predicted octanol–water partition coefficient (Wildman–Crippen LogP) is 1.72. The fraction of sp³-hybridized carbons (Fsp3) is 0.929. The molecule has 4 nitrogen and oxygen atoms in total. The highest BCUT2D eigenvalue weighted by Gasteiger charge is 2.38. The lowest BCUT2D eigenvalue weighted by Crippen LogP contribution is -2.39. The zero-order valence-corrected chi connectivity index (χ0v) is 11.1. The highest BCUT2D eigenvalue weighted by molar-refractivity contribution is 5.70. The summed E-state index contributed by atoms with van der Waals surface area (Å²) in [7, 11) is 0. The molecule has 2 aliphatic rings. The van der Waals surface area contributed by atoms with Crippen molar-refractivity contribution in [1.82, 2.24) is 0 Å². The van der Waals surface area contributed by atoms with Crippen molar-refractivity contribution in [3.63, 3.8) is 0 Å². The lowest BCUT2D eigenvalue weighted by Gasteiger charge is -2.37. The smallest absolute Gasteiger partial charge is 0.307 e. The second-order valence-corrected chi connectivity index (χ2v) is 6.21. The van der Waals surface area contributed by atoms with E-state index in [1.807, 2.05) is 0 Å². The molecule has 5 N–H and O–H groups in total. The van der Waals surface area contributed by atoms with Gasteiger partial charge in [0.15, 0.2) is 0 Å². The first-order chi connectivity index (χ1) is 8.58. The maximum absolute atomic E-state index is 11.6. The van der Waals surface area contributed by atoms with Gasteiger partial charge in [0.1, 0.15) is 0 Å². The number of nitrogens with two attached hydrogens (primary N) is 2. The van der Waals surface area contributed by atoms with E-state index in [-0.39, 0.29) is 18.0 Å². The van der Waals surface area contributed by atoms with Crippen molar-refractivity contribution in [3.05, 3.63) is 0 Å². The topological polar surface area (TPSA) is 89.3 Å². The molecular formula is C14H26N2O2. The normalized spacial score (nSPS) is 39.2. The molecule has 104 valence electrons. The molecule has 18 heavy (non-hydrogen) atoms. The summed E-state index contributed by atoms with van der Waals surface area (Å²) in [6.45, 7) is 0. The molecule has 0 amide bonds. The molecule has 0 aromatic rings. The van der Waals surface area contributed by atoms with Crippen LogP contribution in [0.5, 0.6) is 0 Å². The summed E-state index contributed by atoms with van der Waals surface area (Å²) in [6, 6.07) is 0.575. The predicted molar refractivity (Wildman–Crippen MR) is 71.0 cm³/mol. The summed E-state index contributed by atoms with van der Waals surface area (Å²) in [4.78, 5) is 11.6. The van der Waals surface area contributed by atoms with Crippen molar-refractivity contribution in [2.24, 2.45) is 29.2 Å². The molecule has 0 heterocycles. The molecule has 0 saturated heterocycles. The fourth-order valence-electron chi connectivity index (χ4n) is 3.80. The fourth-order valence-corrected chi connectivity index (χ4v) is 3.80. The standard InChI is InChI=1S/C14H26N2O2/c15-11-5-1-9(2-6-11)13(14(17)18)10-3-7-12(16)8-4-10/h9-13H,1-8,15-16H2,(H,17,18). The van der Waals surface area contributed by atoms with Crippen molar-refractivity contribution in [2.75, 3.05) is 0 Å². The van der Waals surface area contributed by atoms with Crippen LogP contribution < -0.4 is 11.5 Å². The van der Waals surface area contributed by atoms with Gasteiger partial charge in [-0.1, -0.05) is 0 Å². The molecule has 2 rings (SSSR count). The average Bonchev–Trinajstić information content (AvgIpc) is 2.34. The minimum atomic E-state index is -0.601. The largest absolute Gasteiger partial charge is 0.481 e. The highest BCUT2D eigenvalue weighted by atomic mass is 16.4. The second-order valence-electron chi connectivity index (χ2n) is 6.21. The lowest BCUT2D eigenvalue weighted by molar-refractivity contribution is -0.147. The van der Waals surface area contributed by atoms with E-state index in [1.165, 1.54) is 0 Å². The van der Waals surface area contributed by atoms with Crippen LogP contribution in [0.3, 0.4) is 0 Å². The highest BCUT2D eigenvalue weighted by Crippen LogP contribution is 2.39. The monoisotopic (exact) mass is 254 g/mol. The number of rotatable bonds is 3. The van der Waals surface area contributed by atoms with E-state index in [9.17, 15) is 9.90 Å². The Morgan fingerprint density at radius 1 is 0.833 bits per heavy atom. The van der Waals surface area contributed by atoms with E-state index in [4.69, 9.17) is 11.5 Å². The Morgan fingerprint density at radius 3 is 1.44 bits per heavy atom.